The first kappa shape index (κ1) is 17.1. The number of aromatic nitrogens is 1. The van der Waals surface area contributed by atoms with Gasteiger partial charge < -0.3 is 14.5 Å². The van der Waals surface area contributed by atoms with Crippen LogP contribution in [0, 0.1) is 0 Å². The van der Waals surface area contributed by atoms with Gasteiger partial charge in [0, 0.05) is 44.6 Å². The number of anilines is 2. The number of pyridine rings is 1. The molecule has 1 fully saturated rings. The summed E-state index contributed by atoms with van der Waals surface area (Å²) in [6.45, 7) is 5.61. The monoisotopic (exact) mass is 340 g/mol. The number of methoxy groups -OCH3 is 1. The number of piperazine rings is 1. The van der Waals surface area contributed by atoms with Crippen molar-refractivity contribution in [3.05, 3.63) is 48.7 Å². The molecule has 132 valence electrons. The van der Waals surface area contributed by atoms with Crippen molar-refractivity contribution in [1.82, 2.24) is 9.88 Å². The Bertz CT molecular complexity index is 682. The van der Waals surface area contributed by atoms with Crippen LogP contribution in [0.1, 0.15) is 6.92 Å². The second-order valence-electron chi connectivity index (χ2n) is 5.89. The maximum Gasteiger partial charge on any atom is 0.324 e. The number of nitrogens with zero attached hydrogens (tertiary/aromatic N) is 4. The average molecular weight is 340 g/mol. The molecule has 0 bridgehead atoms. The lowest BCUT2D eigenvalue weighted by Crippen LogP contribution is -2.53. The average Bonchev–Trinajstić information content (AvgIpc) is 2.70. The highest BCUT2D eigenvalue weighted by molar-refractivity contribution is 5.92. The molecule has 0 radical (unpaired) electrons. The number of carbonyl (C=O) groups is 1. The van der Waals surface area contributed by atoms with Crippen LogP contribution in [-0.4, -0.2) is 55.7 Å². The molecule has 1 saturated heterocycles. The minimum atomic E-state index is 0.0494. The third-order valence-corrected chi connectivity index (χ3v) is 4.45. The van der Waals surface area contributed by atoms with Gasteiger partial charge >= 0.3 is 6.03 Å². The largest absolute Gasteiger partial charge is 0.497 e. The molecule has 0 N–H and O–H groups in total. The SMILES string of the molecule is CCN(C(=O)N1CCN(c2ccccn2)CC1)c1ccc(OC)cc1. The van der Waals surface area contributed by atoms with E-state index in [9.17, 15) is 4.79 Å². The van der Waals surface area contributed by atoms with Crippen molar-refractivity contribution in [1.29, 1.82) is 0 Å². The van der Waals surface area contributed by atoms with Gasteiger partial charge in [0.1, 0.15) is 11.6 Å². The molecule has 3 rings (SSSR count). The third-order valence-electron chi connectivity index (χ3n) is 4.45. The second-order valence-corrected chi connectivity index (χ2v) is 5.89. The molecule has 0 unspecified atom stereocenters. The van der Waals surface area contributed by atoms with E-state index in [2.05, 4.69) is 9.88 Å². The predicted molar refractivity (Wildman–Crippen MR) is 99.4 cm³/mol. The van der Waals surface area contributed by atoms with Crippen molar-refractivity contribution in [2.45, 2.75) is 6.92 Å². The third kappa shape index (κ3) is 3.84. The quantitative estimate of drug-likeness (QED) is 0.859. The number of hydrogen-bond donors (Lipinski definition) is 0. The van der Waals surface area contributed by atoms with Gasteiger partial charge in [-0.1, -0.05) is 6.07 Å². The normalized spacial score (nSPS) is 14.3. The van der Waals surface area contributed by atoms with Crippen LogP contribution in [0.2, 0.25) is 0 Å². The van der Waals surface area contributed by atoms with Crippen molar-refractivity contribution < 1.29 is 9.53 Å². The first-order valence-electron chi connectivity index (χ1n) is 8.59. The topological polar surface area (TPSA) is 48.9 Å². The Morgan fingerprint density at radius 2 is 1.84 bits per heavy atom. The highest BCUT2D eigenvalue weighted by Gasteiger charge is 2.25. The molecule has 1 aliphatic rings. The summed E-state index contributed by atoms with van der Waals surface area (Å²) in [6.07, 6.45) is 1.80. The Kier molecular flexibility index (Phi) is 5.38. The number of ether oxygens (including phenoxy) is 1. The van der Waals surface area contributed by atoms with Gasteiger partial charge in [-0.05, 0) is 43.3 Å². The van der Waals surface area contributed by atoms with Crippen LogP contribution in [0.15, 0.2) is 48.7 Å². The number of benzene rings is 1. The second kappa shape index (κ2) is 7.88. The highest BCUT2D eigenvalue weighted by atomic mass is 16.5. The molecular formula is C19H24N4O2. The van der Waals surface area contributed by atoms with Crippen LogP contribution >= 0.6 is 0 Å². The zero-order chi connectivity index (χ0) is 17.6. The van der Waals surface area contributed by atoms with Crippen LogP contribution in [0.5, 0.6) is 5.75 Å². The van der Waals surface area contributed by atoms with E-state index in [1.54, 1.807) is 18.2 Å². The first-order valence-corrected chi connectivity index (χ1v) is 8.59. The maximum absolute atomic E-state index is 12.9. The van der Waals surface area contributed by atoms with E-state index in [-0.39, 0.29) is 6.03 Å². The van der Waals surface area contributed by atoms with Gasteiger partial charge in [0.2, 0.25) is 0 Å². The van der Waals surface area contributed by atoms with Crippen LogP contribution < -0.4 is 14.5 Å². The molecule has 1 aromatic heterocycles. The zero-order valence-corrected chi connectivity index (χ0v) is 14.8. The molecule has 1 aromatic carbocycles. The number of hydrogen-bond acceptors (Lipinski definition) is 4. The van der Waals surface area contributed by atoms with Gasteiger partial charge in [-0.25, -0.2) is 9.78 Å². The summed E-state index contributed by atoms with van der Waals surface area (Å²) in [7, 11) is 1.64. The summed E-state index contributed by atoms with van der Waals surface area (Å²) in [4.78, 5) is 23.2. The van der Waals surface area contributed by atoms with Crippen molar-refractivity contribution in [2.24, 2.45) is 0 Å². The van der Waals surface area contributed by atoms with Crippen molar-refractivity contribution >= 4 is 17.5 Å². The Labute approximate surface area is 148 Å². The van der Waals surface area contributed by atoms with Crippen LogP contribution in [0.4, 0.5) is 16.3 Å². The van der Waals surface area contributed by atoms with Crippen molar-refractivity contribution in [3.63, 3.8) is 0 Å². The molecule has 2 aromatic rings. The molecule has 0 aliphatic carbocycles. The van der Waals surface area contributed by atoms with E-state index in [1.165, 1.54) is 0 Å². The van der Waals surface area contributed by atoms with Gasteiger partial charge in [-0.3, -0.25) is 4.90 Å². The molecule has 6 heteroatoms. The smallest absolute Gasteiger partial charge is 0.324 e. The maximum atomic E-state index is 12.9. The van der Waals surface area contributed by atoms with E-state index in [0.717, 1.165) is 30.3 Å². The number of amides is 2. The molecule has 2 heterocycles. The Hall–Kier alpha value is -2.76. The molecule has 0 spiro atoms. The molecule has 1 aliphatic heterocycles. The Morgan fingerprint density at radius 1 is 1.12 bits per heavy atom. The minimum absolute atomic E-state index is 0.0494. The van der Waals surface area contributed by atoms with E-state index in [1.807, 2.05) is 54.3 Å². The summed E-state index contributed by atoms with van der Waals surface area (Å²) in [5.74, 6) is 1.76. The van der Waals surface area contributed by atoms with Gasteiger partial charge in [-0.15, -0.1) is 0 Å². The predicted octanol–water partition coefficient (Wildman–Crippen LogP) is 2.86. The first-order chi connectivity index (χ1) is 12.2. The zero-order valence-electron chi connectivity index (χ0n) is 14.8. The lowest BCUT2D eigenvalue weighted by Gasteiger charge is -2.37. The minimum Gasteiger partial charge on any atom is -0.497 e. The summed E-state index contributed by atoms with van der Waals surface area (Å²) in [5, 5.41) is 0. The van der Waals surface area contributed by atoms with Gasteiger partial charge in [0.25, 0.3) is 0 Å². The highest BCUT2D eigenvalue weighted by Crippen LogP contribution is 2.21. The summed E-state index contributed by atoms with van der Waals surface area (Å²) in [6, 6.07) is 13.6. The fourth-order valence-corrected chi connectivity index (χ4v) is 3.03. The van der Waals surface area contributed by atoms with Crippen molar-refractivity contribution in [3.8, 4) is 5.75 Å². The molecule has 25 heavy (non-hydrogen) atoms. The van der Waals surface area contributed by atoms with Gasteiger partial charge in [0.05, 0.1) is 7.11 Å². The Morgan fingerprint density at radius 3 is 2.40 bits per heavy atom. The summed E-state index contributed by atoms with van der Waals surface area (Å²) in [5.41, 5.74) is 0.889. The van der Waals surface area contributed by atoms with Crippen LogP contribution in [0.3, 0.4) is 0 Å². The molecule has 6 nitrogen and oxygen atoms in total. The van der Waals surface area contributed by atoms with Gasteiger partial charge in [-0.2, -0.15) is 0 Å². The number of carbonyl (C=O) groups excluding carboxylic acids is 1. The standard InChI is InChI=1S/C19H24N4O2/c1-3-23(16-7-9-17(25-2)10-8-16)19(24)22-14-12-21(13-15-22)18-6-4-5-11-20-18/h4-11H,3,12-15H2,1-2H3. The fourth-order valence-electron chi connectivity index (χ4n) is 3.03. The lowest BCUT2D eigenvalue weighted by molar-refractivity contribution is 0.201. The van der Waals surface area contributed by atoms with Gasteiger partial charge in [0.15, 0.2) is 0 Å². The number of urea groups is 1. The molecule has 0 saturated carbocycles. The number of rotatable bonds is 4. The molecule has 2 amide bonds. The van der Waals surface area contributed by atoms with E-state index >= 15 is 0 Å². The Balaban J connectivity index is 1.64. The fraction of sp³-hybridized carbons (Fsp3) is 0.368. The van der Waals surface area contributed by atoms with Crippen molar-refractivity contribution in [2.75, 3.05) is 49.6 Å². The molecular weight excluding hydrogens is 316 g/mol. The van der Waals surface area contributed by atoms with E-state index in [4.69, 9.17) is 4.74 Å². The van der Waals surface area contributed by atoms with Crippen LogP contribution in [-0.2, 0) is 0 Å². The summed E-state index contributed by atoms with van der Waals surface area (Å²) < 4.78 is 5.19. The van der Waals surface area contributed by atoms with E-state index < -0.39 is 0 Å². The summed E-state index contributed by atoms with van der Waals surface area (Å²) >= 11 is 0. The molecule has 0 atom stereocenters. The lowest BCUT2D eigenvalue weighted by atomic mass is 10.2. The van der Waals surface area contributed by atoms with Crippen LogP contribution in [0.25, 0.3) is 0 Å². The van der Waals surface area contributed by atoms with E-state index in [0.29, 0.717) is 19.6 Å².